The highest BCUT2D eigenvalue weighted by atomic mass is 35.5. The fourth-order valence-electron chi connectivity index (χ4n) is 1.92. The first-order chi connectivity index (χ1) is 9.11. The van der Waals surface area contributed by atoms with Gasteiger partial charge in [-0.1, -0.05) is 35.9 Å². The van der Waals surface area contributed by atoms with E-state index in [1.165, 1.54) is 13.2 Å². The molecule has 0 spiro atoms. The van der Waals surface area contributed by atoms with Crippen LogP contribution in [-0.4, -0.2) is 12.2 Å². The molecule has 1 N–H and O–H groups in total. The Morgan fingerprint density at radius 3 is 2.63 bits per heavy atom. The lowest BCUT2D eigenvalue weighted by Crippen LogP contribution is -2.03. The van der Waals surface area contributed by atoms with Gasteiger partial charge in [0.15, 0.2) is 11.6 Å². The van der Waals surface area contributed by atoms with E-state index in [0.29, 0.717) is 22.6 Å². The summed E-state index contributed by atoms with van der Waals surface area (Å²) >= 11 is 6.01. The van der Waals surface area contributed by atoms with Crippen LogP contribution in [0.25, 0.3) is 0 Å². The Kier molecular flexibility index (Phi) is 4.40. The zero-order valence-corrected chi connectivity index (χ0v) is 11.2. The predicted octanol–water partition coefficient (Wildman–Crippen LogP) is 3.76. The van der Waals surface area contributed by atoms with Crippen molar-refractivity contribution in [1.82, 2.24) is 0 Å². The van der Waals surface area contributed by atoms with Crippen LogP contribution < -0.4 is 4.74 Å². The maximum absolute atomic E-state index is 13.5. The van der Waals surface area contributed by atoms with E-state index in [1.807, 2.05) is 0 Å². The fraction of sp³-hybridized carbons (Fsp3) is 0.200. The highest BCUT2D eigenvalue weighted by Crippen LogP contribution is 2.26. The van der Waals surface area contributed by atoms with Gasteiger partial charge < -0.3 is 9.84 Å². The molecule has 0 bridgehead atoms. The van der Waals surface area contributed by atoms with Gasteiger partial charge in [-0.15, -0.1) is 0 Å². The van der Waals surface area contributed by atoms with Crippen molar-refractivity contribution in [2.24, 2.45) is 0 Å². The molecule has 100 valence electrons. The number of benzene rings is 2. The van der Waals surface area contributed by atoms with Gasteiger partial charge in [0.2, 0.25) is 0 Å². The van der Waals surface area contributed by atoms with Crippen molar-refractivity contribution in [2.45, 2.75) is 12.5 Å². The van der Waals surface area contributed by atoms with Crippen molar-refractivity contribution in [3.8, 4) is 5.75 Å². The quantitative estimate of drug-likeness (QED) is 0.924. The minimum Gasteiger partial charge on any atom is -0.494 e. The van der Waals surface area contributed by atoms with Crippen LogP contribution in [0.1, 0.15) is 17.2 Å². The molecule has 0 aliphatic rings. The largest absolute Gasteiger partial charge is 0.494 e. The van der Waals surface area contributed by atoms with E-state index < -0.39 is 11.9 Å². The number of hydrogen-bond donors (Lipinski definition) is 1. The Bertz CT molecular complexity index is 572. The molecule has 0 aromatic heterocycles. The fourth-order valence-corrected chi connectivity index (χ4v) is 2.18. The molecule has 4 heteroatoms. The minimum atomic E-state index is -0.763. The van der Waals surface area contributed by atoms with Gasteiger partial charge in [-0.2, -0.15) is 0 Å². The summed E-state index contributed by atoms with van der Waals surface area (Å²) < 4.78 is 18.4. The highest BCUT2D eigenvalue weighted by Gasteiger charge is 2.13. The lowest BCUT2D eigenvalue weighted by Gasteiger charge is -2.13. The lowest BCUT2D eigenvalue weighted by molar-refractivity contribution is 0.178. The summed E-state index contributed by atoms with van der Waals surface area (Å²) in [5, 5.41) is 10.6. The molecule has 2 nitrogen and oxygen atoms in total. The Morgan fingerprint density at radius 1 is 1.26 bits per heavy atom. The summed E-state index contributed by atoms with van der Waals surface area (Å²) in [5.74, 6) is -0.248. The second-order valence-electron chi connectivity index (χ2n) is 4.21. The van der Waals surface area contributed by atoms with Crippen molar-refractivity contribution >= 4 is 11.6 Å². The van der Waals surface area contributed by atoms with E-state index in [0.717, 1.165) is 0 Å². The third kappa shape index (κ3) is 3.25. The van der Waals surface area contributed by atoms with Gasteiger partial charge in [0, 0.05) is 11.4 Å². The normalized spacial score (nSPS) is 12.2. The van der Waals surface area contributed by atoms with Gasteiger partial charge in [-0.3, -0.25) is 0 Å². The highest BCUT2D eigenvalue weighted by molar-refractivity contribution is 6.31. The number of aliphatic hydroxyl groups is 1. The summed E-state index contributed by atoms with van der Waals surface area (Å²) in [6, 6.07) is 11.7. The van der Waals surface area contributed by atoms with Crippen molar-refractivity contribution in [2.75, 3.05) is 7.11 Å². The molecule has 0 saturated carbocycles. The van der Waals surface area contributed by atoms with Crippen molar-refractivity contribution in [3.63, 3.8) is 0 Å². The lowest BCUT2D eigenvalue weighted by atomic mass is 10.0. The molecule has 19 heavy (non-hydrogen) atoms. The molecule has 1 atom stereocenters. The van der Waals surface area contributed by atoms with E-state index in [9.17, 15) is 9.50 Å². The van der Waals surface area contributed by atoms with Gasteiger partial charge in [0.1, 0.15) is 0 Å². The standard InChI is InChI=1S/C15H14ClFO2/c1-19-15-7-6-10(8-13(15)17)9-14(18)11-4-2-3-5-12(11)16/h2-8,14,18H,9H2,1H3. The van der Waals surface area contributed by atoms with Crippen molar-refractivity contribution < 1.29 is 14.2 Å². The zero-order chi connectivity index (χ0) is 13.8. The molecule has 2 aromatic rings. The molecule has 0 fully saturated rings. The first-order valence-corrected chi connectivity index (χ1v) is 6.24. The van der Waals surface area contributed by atoms with Crippen LogP contribution in [0.5, 0.6) is 5.75 Å². The van der Waals surface area contributed by atoms with E-state index in [4.69, 9.17) is 16.3 Å². The number of methoxy groups -OCH3 is 1. The topological polar surface area (TPSA) is 29.5 Å². The maximum atomic E-state index is 13.5. The van der Waals surface area contributed by atoms with Crippen LogP contribution in [0.3, 0.4) is 0 Å². The van der Waals surface area contributed by atoms with Gasteiger partial charge in [-0.25, -0.2) is 4.39 Å². The van der Waals surface area contributed by atoms with Crippen LogP contribution in [0, 0.1) is 5.82 Å². The molecular formula is C15H14ClFO2. The first-order valence-electron chi connectivity index (χ1n) is 5.86. The first kappa shape index (κ1) is 13.8. The Balaban J connectivity index is 2.17. The summed E-state index contributed by atoms with van der Waals surface area (Å²) in [6.07, 6.45) is -0.466. The van der Waals surface area contributed by atoms with Crippen LogP contribution in [0.4, 0.5) is 4.39 Å². The van der Waals surface area contributed by atoms with Crippen LogP contribution in [0.15, 0.2) is 42.5 Å². The Hall–Kier alpha value is -1.58. The molecule has 0 aliphatic heterocycles. The zero-order valence-electron chi connectivity index (χ0n) is 10.4. The molecule has 1 unspecified atom stereocenters. The summed E-state index contributed by atoms with van der Waals surface area (Å²) in [4.78, 5) is 0. The van der Waals surface area contributed by atoms with Gasteiger partial charge >= 0.3 is 0 Å². The molecule has 0 amide bonds. The Morgan fingerprint density at radius 2 is 2.00 bits per heavy atom. The van der Waals surface area contributed by atoms with Crippen LogP contribution in [-0.2, 0) is 6.42 Å². The molecule has 0 saturated heterocycles. The molecule has 0 aliphatic carbocycles. The number of halogens is 2. The van der Waals surface area contributed by atoms with Crippen molar-refractivity contribution in [3.05, 3.63) is 64.4 Å². The molecule has 2 rings (SSSR count). The van der Waals surface area contributed by atoms with Gasteiger partial charge in [0.25, 0.3) is 0 Å². The maximum Gasteiger partial charge on any atom is 0.165 e. The molecule has 0 heterocycles. The number of rotatable bonds is 4. The SMILES string of the molecule is COc1ccc(CC(O)c2ccccc2Cl)cc1F. The second kappa shape index (κ2) is 6.04. The monoisotopic (exact) mass is 280 g/mol. The number of hydrogen-bond acceptors (Lipinski definition) is 2. The van der Waals surface area contributed by atoms with Crippen LogP contribution >= 0.6 is 11.6 Å². The molecule has 2 aromatic carbocycles. The third-order valence-corrected chi connectivity index (χ3v) is 3.25. The number of ether oxygens (including phenoxy) is 1. The Labute approximate surface area is 116 Å². The van der Waals surface area contributed by atoms with E-state index in [1.54, 1.807) is 36.4 Å². The van der Waals surface area contributed by atoms with Crippen molar-refractivity contribution in [1.29, 1.82) is 0 Å². The number of aliphatic hydroxyl groups excluding tert-OH is 1. The predicted molar refractivity (Wildman–Crippen MR) is 73.1 cm³/mol. The van der Waals surface area contributed by atoms with Gasteiger partial charge in [-0.05, 0) is 29.3 Å². The average Bonchev–Trinajstić information content (AvgIpc) is 2.39. The third-order valence-electron chi connectivity index (χ3n) is 2.91. The average molecular weight is 281 g/mol. The summed E-state index contributed by atoms with van der Waals surface area (Å²) in [7, 11) is 1.41. The molecule has 0 radical (unpaired) electrons. The second-order valence-corrected chi connectivity index (χ2v) is 4.62. The van der Waals surface area contributed by atoms with Crippen LogP contribution in [0.2, 0.25) is 5.02 Å². The smallest absolute Gasteiger partial charge is 0.165 e. The van der Waals surface area contributed by atoms with E-state index >= 15 is 0 Å². The summed E-state index contributed by atoms with van der Waals surface area (Å²) in [6.45, 7) is 0. The summed E-state index contributed by atoms with van der Waals surface area (Å²) in [5.41, 5.74) is 1.33. The van der Waals surface area contributed by atoms with E-state index in [2.05, 4.69) is 0 Å². The minimum absolute atomic E-state index is 0.191. The van der Waals surface area contributed by atoms with Gasteiger partial charge in [0.05, 0.1) is 13.2 Å². The molecular weight excluding hydrogens is 267 g/mol. The van der Waals surface area contributed by atoms with E-state index in [-0.39, 0.29) is 5.75 Å².